The van der Waals surface area contributed by atoms with Gasteiger partial charge in [0.15, 0.2) is 0 Å². The fourth-order valence-corrected chi connectivity index (χ4v) is 3.28. The molecule has 2 heterocycles. The third-order valence-corrected chi connectivity index (χ3v) is 5.07. The molecule has 1 unspecified atom stereocenters. The molecule has 1 atom stereocenters. The Labute approximate surface area is 177 Å². The van der Waals surface area contributed by atoms with Crippen molar-refractivity contribution < 1.29 is 32.5 Å². The molecule has 8 nitrogen and oxygen atoms in total. The van der Waals surface area contributed by atoms with E-state index in [1.54, 1.807) is 25.1 Å². The van der Waals surface area contributed by atoms with Gasteiger partial charge in [-0.05, 0) is 37.5 Å². The van der Waals surface area contributed by atoms with Gasteiger partial charge in [-0.15, -0.1) is 13.2 Å². The standard InChI is InChI=1S/C20H23F3N4O4/c1-19(17(28)29)8-10-27(12-19)16-11-15(25-18(26-16)30-2)24-9-7-13-3-5-14(6-4-13)31-20(21,22)23/h3-6,11H,7-10,12H2,1-2H3,(H,28,29)(H,24,25,26). The molecule has 1 aliphatic rings. The lowest BCUT2D eigenvalue weighted by atomic mass is 9.90. The molecule has 1 aliphatic heterocycles. The molecule has 11 heteroatoms. The number of ether oxygens (including phenoxy) is 2. The molecule has 31 heavy (non-hydrogen) atoms. The summed E-state index contributed by atoms with van der Waals surface area (Å²) in [7, 11) is 1.44. The molecule has 0 saturated carbocycles. The SMILES string of the molecule is COc1nc(NCCc2ccc(OC(F)(F)F)cc2)cc(N2CCC(C)(C(=O)O)C2)n1. The first kappa shape index (κ1) is 22.4. The van der Waals surface area contributed by atoms with Crippen LogP contribution in [-0.4, -0.2) is 54.2 Å². The fraction of sp³-hybridized carbons (Fsp3) is 0.450. The molecular weight excluding hydrogens is 417 g/mol. The monoisotopic (exact) mass is 440 g/mol. The maximum absolute atomic E-state index is 12.2. The molecule has 0 amide bonds. The van der Waals surface area contributed by atoms with E-state index in [2.05, 4.69) is 20.0 Å². The molecule has 2 aromatic rings. The lowest BCUT2D eigenvalue weighted by Gasteiger charge is -2.21. The van der Waals surface area contributed by atoms with Crippen molar-refractivity contribution in [2.24, 2.45) is 5.41 Å². The van der Waals surface area contributed by atoms with E-state index >= 15 is 0 Å². The lowest BCUT2D eigenvalue weighted by Crippen LogP contribution is -2.32. The number of methoxy groups -OCH3 is 1. The summed E-state index contributed by atoms with van der Waals surface area (Å²) in [6, 6.07) is 7.52. The molecule has 168 valence electrons. The van der Waals surface area contributed by atoms with Gasteiger partial charge in [0.1, 0.15) is 17.4 Å². The number of nitrogens with one attached hydrogen (secondary N) is 1. The summed E-state index contributed by atoms with van der Waals surface area (Å²) in [5.74, 6) is -0.0508. The summed E-state index contributed by atoms with van der Waals surface area (Å²) in [6.07, 6.45) is -3.68. The van der Waals surface area contributed by atoms with Gasteiger partial charge in [0.05, 0.1) is 12.5 Å². The number of hydrogen-bond acceptors (Lipinski definition) is 7. The zero-order valence-electron chi connectivity index (χ0n) is 17.1. The van der Waals surface area contributed by atoms with Gasteiger partial charge >= 0.3 is 18.3 Å². The molecule has 0 spiro atoms. The van der Waals surface area contributed by atoms with Crippen LogP contribution in [0.25, 0.3) is 0 Å². The number of nitrogens with zero attached hydrogens (tertiary/aromatic N) is 3. The number of aliphatic carboxylic acids is 1. The van der Waals surface area contributed by atoms with E-state index in [1.807, 2.05) is 4.90 Å². The maximum Gasteiger partial charge on any atom is 0.573 e. The van der Waals surface area contributed by atoms with E-state index in [4.69, 9.17) is 4.74 Å². The third-order valence-electron chi connectivity index (χ3n) is 5.07. The Balaban J connectivity index is 1.62. The molecule has 0 bridgehead atoms. The smallest absolute Gasteiger partial charge is 0.481 e. The first-order valence-corrected chi connectivity index (χ1v) is 9.58. The molecule has 1 saturated heterocycles. The number of halogens is 3. The number of aromatic nitrogens is 2. The summed E-state index contributed by atoms with van der Waals surface area (Å²) >= 11 is 0. The van der Waals surface area contributed by atoms with Crippen LogP contribution in [0.1, 0.15) is 18.9 Å². The van der Waals surface area contributed by atoms with Crippen LogP contribution in [0.4, 0.5) is 24.8 Å². The highest BCUT2D eigenvalue weighted by Gasteiger charge is 2.41. The van der Waals surface area contributed by atoms with E-state index in [-0.39, 0.29) is 11.8 Å². The van der Waals surface area contributed by atoms with E-state index < -0.39 is 17.7 Å². The van der Waals surface area contributed by atoms with Crippen molar-refractivity contribution >= 4 is 17.6 Å². The fourth-order valence-electron chi connectivity index (χ4n) is 3.28. The Morgan fingerprint density at radius 2 is 2.00 bits per heavy atom. The topological polar surface area (TPSA) is 96.8 Å². The van der Waals surface area contributed by atoms with Crippen LogP contribution in [0, 0.1) is 5.41 Å². The highest BCUT2D eigenvalue weighted by molar-refractivity contribution is 5.76. The predicted molar refractivity (Wildman–Crippen MR) is 106 cm³/mol. The Hall–Kier alpha value is -3.24. The van der Waals surface area contributed by atoms with Gasteiger partial charge in [-0.1, -0.05) is 12.1 Å². The number of benzene rings is 1. The summed E-state index contributed by atoms with van der Waals surface area (Å²) < 4.78 is 45.7. The number of carboxylic acids is 1. The van der Waals surface area contributed by atoms with E-state index in [1.165, 1.54) is 19.2 Å². The van der Waals surface area contributed by atoms with Crippen molar-refractivity contribution in [3.63, 3.8) is 0 Å². The second-order valence-corrected chi connectivity index (χ2v) is 7.50. The van der Waals surface area contributed by atoms with Crippen LogP contribution < -0.4 is 19.7 Å². The van der Waals surface area contributed by atoms with E-state index in [9.17, 15) is 23.1 Å². The number of hydrogen-bond donors (Lipinski definition) is 2. The van der Waals surface area contributed by atoms with Crippen molar-refractivity contribution in [2.45, 2.75) is 26.1 Å². The van der Waals surface area contributed by atoms with Gasteiger partial charge in [-0.2, -0.15) is 9.97 Å². The Morgan fingerprint density at radius 3 is 2.58 bits per heavy atom. The normalized spacial score (nSPS) is 18.7. The first-order chi connectivity index (χ1) is 14.6. The van der Waals surface area contributed by atoms with E-state index in [0.717, 1.165) is 5.56 Å². The minimum atomic E-state index is -4.72. The van der Waals surface area contributed by atoms with Gasteiger partial charge in [-0.25, -0.2) is 0 Å². The molecule has 1 fully saturated rings. The van der Waals surface area contributed by atoms with Gasteiger partial charge in [-0.3, -0.25) is 4.79 Å². The lowest BCUT2D eigenvalue weighted by molar-refractivity contribution is -0.274. The second kappa shape index (κ2) is 8.86. The predicted octanol–water partition coefficient (Wildman–Crippen LogP) is 3.34. The highest BCUT2D eigenvalue weighted by Crippen LogP contribution is 2.33. The minimum absolute atomic E-state index is 0.151. The number of carbonyl (C=O) groups is 1. The Morgan fingerprint density at radius 1 is 1.29 bits per heavy atom. The van der Waals surface area contributed by atoms with Crippen molar-refractivity contribution in [3.8, 4) is 11.8 Å². The zero-order valence-corrected chi connectivity index (χ0v) is 17.1. The third kappa shape index (κ3) is 5.89. The molecule has 1 aromatic heterocycles. The van der Waals surface area contributed by atoms with Crippen LogP contribution >= 0.6 is 0 Å². The molecular formula is C20H23F3N4O4. The maximum atomic E-state index is 12.2. The van der Waals surface area contributed by atoms with Gasteiger partial charge in [0, 0.05) is 25.7 Å². The molecule has 3 rings (SSSR count). The Kier molecular flexibility index (Phi) is 6.42. The Bertz CT molecular complexity index is 924. The zero-order chi connectivity index (χ0) is 22.6. The number of alkyl halides is 3. The van der Waals surface area contributed by atoms with E-state index in [0.29, 0.717) is 44.1 Å². The van der Waals surface area contributed by atoms with Gasteiger partial charge in [0.25, 0.3) is 0 Å². The van der Waals surface area contributed by atoms with Crippen LogP contribution in [-0.2, 0) is 11.2 Å². The van der Waals surface area contributed by atoms with Crippen LogP contribution in [0.2, 0.25) is 0 Å². The molecule has 2 N–H and O–H groups in total. The number of carboxylic acid groups (broad SMARTS) is 1. The van der Waals surface area contributed by atoms with Crippen molar-refractivity contribution in [1.82, 2.24) is 9.97 Å². The van der Waals surface area contributed by atoms with Crippen LogP contribution in [0.3, 0.4) is 0 Å². The summed E-state index contributed by atoms with van der Waals surface area (Å²) in [4.78, 5) is 21.9. The minimum Gasteiger partial charge on any atom is -0.481 e. The van der Waals surface area contributed by atoms with Crippen molar-refractivity contribution in [2.75, 3.05) is 37.0 Å². The van der Waals surface area contributed by atoms with Crippen molar-refractivity contribution in [3.05, 3.63) is 35.9 Å². The number of rotatable bonds is 8. The average Bonchev–Trinajstić information content (AvgIpc) is 3.12. The second-order valence-electron chi connectivity index (χ2n) is 7.50. The summed E-state index contributed by atoms with van der Waals surface area (Å²) in [5, 5.41) is 12.6. The molecule has 1 aromatic carbocycles. The van der Waals surface area contributed by atoms with Crippen LogP contribution in [0.5, 0.6) is 11.8 Å². The van der Waals surface area contributed by atoms with Gasteiger partial charge < -0.3 is 24.8 Å². The quantitative estimate of drug-likeness (QED) is 0.645. The molecule has 0 aliphatic carbocycles. The highest BCUT2D eigenvalue weighted by atomic mass is 19.4. The van der Waals surface area contributed by atoms with Crippen molar-refractivity contribution in [1.29, 1.82) is 0 Å². The largest absolute Gasteiger partial charge is 0.573 e. The van der Waals surface area contributed by atoms with Crippen LogP contribution in [0.15, 0.2) is 30.3 Å². The summed E-state index contributed by atoms with van der Waals surface area (Å²) in [6.45, 7) is 3.05. The summed E-state index contributed by atoms with van der Waals surface area (Å²) in [5.41, 5.74) is -0.0200. The molecule has 0 radical (unpaired) electrons. The number of anilines is 2. The van der Waals surface area contributed by atoms with Gasteiger partial charge in [0.2, 0.25) is 0 Å². The average molecular weight is 440 g/mol. The first-order valence-electron chi connectivity index (χ1n) is 9.58.